The van der Waals surface area contributed by atoms with E-state index >= 15 is 0 Å². The van der Waals surface area contributed by atoms with E-state index in [1.165, 1.54) is 18.4 Å². The molecule has 0 bridgehead atoms. The van der Waals surface area contributed by atoms with Gasteiger partial charge in [-0.25, -0.2) is 12.7 Å². The number of nitrogens with one attached hydrogen (secondary N) is 1. The molecule has 126 valence electrons. The fourth-order valence-corrected chi connectivity index (χ4v) is 4.41. The Morgan fingerprint density at radius 2 is 2.00 bits per heavy atom. The van der Waals surface area contributed by atoms with Crippen molar-refractivity contribution in [2.24, 2.45) is 5.41 Å². The summed E-state index contributed by atoms with van der Waals surface area (Å²) in [6.45, 7) is 4.46. The summed E-state index contributed by atoms with van der Waals surface area (Å²) in [7, 11) is -0.379. The molecule has 0 spiro atoms. The largest absolute Gasteiger partial charge is 0.337 e. The van der Waals surface area contributed by atoms with Gasteiger partial charge in [0.05, 0.1) is 10.3 Å². The average molecular weight is 337 g/mol. The minimum Gasteiger partial charge on any atom is -0.337 e. The number of hydrogen-bond acceptors (Lipinski definition) is 4. The number of amides is 1. The topological polar surface area (TPSA) is 69.7 Å². The lowest BCUT2D eigenvalue weighted by molar-refractivity contribution is -0.145. The highest BCUT2D eigenvalue weighted by Gasteiger charge is 2.42. The molecule has 2 aliphatic rings. The van der Waals surface area contributed by atoms with Crippen LogP contribution in [0.2, 0.25) is 0 Å². The van der Waals surface area contributed by atoms with Crippen LogP contribution in [0.3, 0.4) is 0 Å². The van der Waals surface area contributed by atoms with E-state index in [0.717, 1.165) is 11.1 Å². The highest BCUT2D eigenvalue weighted by atomic mass is 32.2. The fraction of sp³-hybridized carbons (Fsp3) is 0.562. The summed E-state index contributed by atoms with van der Waals surface area (Å²) in [6, 6.07) is 5.34. The molecule has 0 atom stereocenters. The lowest BCUT2D eigenvalue weighted by Crippen LogP contribution is -2.60. The minimum absolute atomic E-state index is 0.155. The Morgan fingerprint density at radius 3 is 2.57 bits per heavy atom. The monoisotopic (exact) mass is 337 g/mol. The highest BCUT2D eigenvalue weighted by Crippen LogP contribution is 2.31. The van der Waals surface area contributed by atoms with Crippen LogP contribution in [0, 0.1) is 5.41 Å². The van der Waals surface area contributed by atoms with Crippen LogP contribution in [0.15, 0.2) is 23.1 Å². The molecule has 1 amide bonds. The molecule has 6 nitrogen and oxygen atoms in total. The Labute approximate surface area is 137 Å². The number of rotatable bonds is 3. The zero-order chi connectivity index (χ0) is 16.8. The van der Waals surface area contributed by atoms with Gasteiger partial charge in [-0.05, 0) is 30.5 Å². The first-order chi connectivity index (χ1) is 10.8. The third-order valence-corrected chi connectivity index (χ3v) is 6.72. The van der Waals surface area contributed by atoms with Crippen molar-refractivity contribution in [3.63, 3.8) is 0 Å². The van der Waals surface area contributed by atoms with Crippen molar-refractivity contribution in [1.82, 2.24) is 14.5 Å². The molecule has 1 fully saturated rings. The molecule has 0 aromatic heterocycles. The first-order valence-electron chi connectivity index (χ1n) is 7.79. The molecule has 1 aromatic rings. The van der Waals surface area contributed by atoms with E-state index in [4.69, 9.17) is 0 Å². The molecule has 0 unspecified atom stereocenters. The van der Waals surface area contributed by atoms with Crippen LogP contribution < -0.4 is 5.32 Å². The van der Waals surface area contributed by atoms with Crippen molar-refractivity contribution in [1.29, 1.82) is 0 Å². The van der Waals surface area contributed by atoms with Gasteiger partial charge in [-0.3, -0.25) is 4.79 Å². The van der Waals surface area contributed by atoms with Crippen LogP contribution in [0.25, 0.3) is 0 Å². The van der Waals surface area contributed by atoms with Crippen molar-refractivity contribution in [2.45, 2.75) is 24.8 Å². The maximum Gasteiger partial charge on any atom is 0.242 e. The lowest BCUT2D eigenvalue weighted by atomic mass is 9.82. The summed E-state index contributed by atoms with van der Waals surface area (Å²) < 4.78 is 26.2. The Bertz CT molecular complexity index is 739. The maximum absolute atomic E-state index is 12.7. The molecule has 2 aliphatic heterocycles. The van der Waals surface area contributed by atoms with Gasteiger partial charge < -0.3 is 10.2 Å². The van der Waals surface area contributed by atoms with E-state index in [2.05, 4.69) is 5.32 Å². The molecule has 2 heterocycles. The van der Waals surface area contributed by atoms with E-state index in [9.17, 15) is 13.2 Å². The molecular weight excluding hydrogens is 314 g/mol. The highest BCUT2D eigenvalue weighted by molar-refractivity contribution is 7.89. The molecule has 7 heteroatoms. The molecule has 1 saturated heterocycles. The second-order valence-electron chi connectivity index (χ2n) is 6.82. The lowest BCUT2D eigenvalue weighted by Gasteiger charge is -2.43. The molecule has 0 radical (unpaired) electrons. The van der Waals surface area contributed by atoms with E-state index in [1.807, 2.05) is 17.9 Å². The molecule has 0 aliphatic carbocycles. The van der Waals surface area contributed by atoms with Gasteiger partial charge in [0, 0.05) is 40.3 Å². The molecule has 1 N–H and O–H groups in total. The summed E-state index contributed by atoms with van der Waals surface area (Å²) in [5.41, 5.74) is 1.47. The van der Waals surface area contributed by atoms with Crippen molar-refractivity contribution in [3.8, 4) is 0 Å². The average Bonchev–Trinajstić information content (AvgIpc) is 2.50. The van der Waals surface area contributed by atoms with Gasteiger partial charge in [-0.1, -0.05) is 12.1 Å². The van der Waals surface area contributed by atoms with E-state index in [0.29, 0.717) is 37.5 Å². The van der Waals surface area contributed by atoms with Gasteiger partial charge in [0.25, 0.3) is 0 Å². The number of carbonyl (C=O) groups excluding carboxylic acids is 1. The standard InChI is InChI=1S/C16H23N3O3S/c1-16(10-17-11-16)15(20)19-8-7-13-12(9-19)5-4-6-14(13)23(21,22)18(2)3/h4-6,17H,7-11H2,1-3H3. The third-order valence-electron chi connectivity index (χ3n) is 4.82. The zero-order valence-electron chi connectivity index (χ0n) is 13.8. The van der Waals surface area contributed by atoms with Crippen molar-refractivity contribution < 1.29 is 13.2 Å². The maximum atomic E-state index is 12.7. The Balaban J connectivity index is 1.90. The summed E-state index contributed by atoms with van der Waals surface area (Å²) in [5.74, 6) is 0.155. The van der Waals surface area contributed by atoms with Crippen LogP contribution in [0.4, 0.5) is 0 Å². The summed E-state index contributed by atoms with van der Waals surface area (Å²) in [5, 5.41) is 3.15. The van der Waals surface area contributed by atoms with Gasteiger partial charge in [0.1, 0.15) is 0 Å². The van der Waals surface area contributed by atoms with E-state index in [-0.39, 0.29) is 11.3 Å². The van der Waals surface area contributed by atoms with Gasteiger partial charge in [-0.15, -0.1) is 0 Å². The first kappa shape index (κ1) is 16.4. The van der Waals surface area contributed by atoms with Gasteiger partial charge in [-0.2, -0.15) is 0 Å². The molecule has 23 heavy (non-hydrogen) atoms. The van der Waals surface area contributed by atoms with Crippen molar-refractivity contribution >= 4 is 15.9 Å². The van der Waals surface area contributed by atoms with Gasteiger partial charge in [0.2, 0.25) is 15.9 Å². The number of sulfonamides is 1. The van der Waals surface area contributed by atoms with Crippen LogP contribution in [0.5, 0.6) is 0 Å². The number of fused-ring (bicyclic) bond motifs is 1. The predicted octanol–water partition coefficient (Wildman–Crippen LogP) is 0.431. The summed E-state index contributed by atoms with van der Waals surface area (Å²) in [4.78, 5) is 14.9. The Hall–Kier alpha value is -1.44. The minimum atomic E-state index is -3.46. The van der Waals surface area contributed by atoms with Crippen LogP contribution in [-0.2, 0) is 27.8 Å². The van der Waals surface area contributed by atoms with E-state index < -0.39 is 10.0 Å². The molecular formula is C16H23N3O3S. The number of nitrogens with zero attached hydrogens (tertiary/aromatic N) is 2. The summed E-state index contributed by atoms with van der Waals surface area (Å²) >= 11 is 0. The normalized spacial score (nSPS) is 20.1. The molecule has 0 saturated carbocycles. The van der Waals surface area contributed by atoms with Crippen molar-refractivity contribution in [2.75, 3.05) is 33.7 Å². The second-order valence-corrected chi connectivity index (χ2v) is 8.94. The Morgan fingerprint density at radius 1 is 1.30 bits per heavy atom. The smallest absolute Gasteiger partial charge is 0.242 e. The quantitative estimate of drug-likeness (QED) is 0.868. The third kappa shape index (κ3) is 2.66. The Kier molecular flexibility index (Phi) is 3.98. The van der Waals surface area contributed by atoms with Crippen LogP contribution >= 0.6 is 0 Å². The summed E-state index contributed by atoms with van der Waals surface area (Å²) in [6.07, 6.45) is 0.577. The second kappa shape index (κ2) is 5.58. The van der Waals surface area contributed by atoms with Crippen LogP contribution in [0.1, 0.15) is 18.1 Å². The van der Waals surface area contributed by atoms with Crippen molar-refractivity contribution in [3.05, 3.63) is 29.3 Å². The SMILES string of the molecule is CN(C)S(=O)(=O)c1cccc2c1CCN(C(=O)C1(C)CNC1)C2. The van der Waals surface area contributed by atoms with E-state index in [1.54, 1.807) is 12.1 Å². The first-order valence-corrected chi connectivity index (χ1v) is 9.23. The van der Waals surface area contributed by atoms with Crippen LogP contribution in [-0.4, -0.2) is 57.3 Å². The molecule has 1 aromatic carbocycles. The number of benzene rings is 1. The fourth-order valence-electron chi connectivity index (χ4n) is 3.22. The van der Waals surface area contributed by atoms with Gasteiger partial charge in [0.15, 0.2) is 0 Å². The number of hydrogen-bond donors (Lipinski definition) is 1. The zero-order valence-corrected chi connectivity index (χ0v) is 14.6. The molecule has 3 rings (SSSR count). The predicted molar refractivity (Wildman–Crippen MR) is 87.4 cm³/mol. The number of carbonyl (C=O) groups is 1. The van der Waals surface area contributed by atoms with Gasteiger partial charge >= 0.3 is 0 Å².